The second-order valence-corrected chi connectivity index (χ2v) is 15.0. The van der Waals surface area contributed by atoms with Crippen molar-refractivity contribution in [3.05, 3.63) is 149 Å². The molecule has 0 N–H and O–H groups in total. The Morgan fingerprint density at radius 3 is 2.29 bits per heavy atom. The number of nitrogens with zero attached hydrogens (tertiary/aromatic N) is 3. The Labute approximate surface area is 303 Å². The molecule has 2 atom stereocenters. The number of para-hydroxylation sites is 1. The van der Waals surface area contributed by atoms with Crippen LogP contribution in [-0.4, -0.2) is 15.0 Å². The van der Waals surface area contributed by atoms with Crippen molar-refractivity contribution in [1.82, 2.24) is 15.0 Å². The lowest BCUT2D eigenvalue weighted by molar-refractivity contribution is 0.586. The van der Waals surface area contributed by atoms with Gasteiger partial charge in [0.15, 0.2) is 17.5 Å². The number of benzene rings is 5. The van der Waals surface area contributed by atoms with E-state index in [1.807, 2.05) is 47.7 Å². The highest BCUT2D eigenvalue weighted by Crippen LogP contribution is 2.46. The van der Waals surface area contributed by atoms with Gasteiger partial charge in [-0.05, 0) is 60.1 Å². The van der Waals surface area contributed by atoms with Crippen LogP contribution in [-0.2, 0) is 6.42 Å². The Bertz CT molecular complexity index is 2950. The number of hydrogen-bond donors (Lipinski definition) is 0. The summed E-state index contributed by atoms with van der Waals surface area (Å²) >= 11 is 1.90. The van der Waals surface area contributed by atoms with Crippen molar-refractivity contribution < 1.29 is 8.83 Å². The van der Waals surface area contributed by atoms with E-state index < -0.39 is 0 Å². The highest BCUT2D eigenvalue weighted by atomic mass is 32.1. The van der Waals surface area contributed by atoms with Gasteiger partial charge in [0.2, 0.25) is 0 Å². The Morgan fingerprint density at radius 2 is 1.40 bits per heavy atom. The molecule has 6 heteroatoms. The van der Waals surface area contributed by atoms with Crippen LogP contribution in [0.5, 0.6) is 0 Å². The van der Waals surface area contributed by atoms with Crippen LogP contribution in [0.3, 0.4) is 0 Å². The Morgan fingerprint density at radius 1 is 0.654 bits per heavy atom. The van der Waals surface area contributed by atoms with E-state index in [0.717, 1.165) is 68.2 Å². The van der Waals surface area contributed by atoms with Crippen LogP contribution < -0.4 is 0 Å². The van der Waals surface area contributed by atoms with Gasteiger partial charge >= 0.3 is 0 Å². The first-order chi connectivity index (χ1) is 25.7. The normalized spacial score (nSPS) is 16.6. The molecule has 52 heavy (non-hydrogen) atoms. The molecule has 0 radical (unpaired) electrons. The summed E-state index contributed by atoms with van der Waals surface area (Å²) in [4.78, 5) is 17.1. The molecule has 2 unspecified atom stereocenters. The first kappa shape index (κ1) is 29.6. The van der Waals surface area contributed by atoms with Crippen LogP contribution in [0.1, 0.15) is 52.5 Å². The number of aromatic nitrogens is 3. The van der Waals surface area contributed by atoms with E-state index >= 15 is 0 Å². The molecular weight excluding hydrogens is 659 g/mol. The fraction of sp³-hybridized carbons (Fsp3) is 0.109. The van der Waals surface area contributed by atoms with Gasteiger partial charge in [-0.15, -0.1) is 11.3 Å². The lowest BCUT2D eigenvalue weighted by Gasteiger charge is -2.18. The number of rotatable bonds is 4. The van der Waals surface area contributed by atoms with Gasteiger partial charge in [-0.2, -0.15) is 0 Å². The summed E-state index contributed by atoms with van der Waals surface area (Å²) in [6.45, 7) is 2.26. The molecule has 9 aromatic rings. The summed E-state index contributed by atoms with van der Waals surface area (Å²) in [6, 6.07) is 37.8. The summed E-state index contributed by atoms with van der Waals surface area (Å²) in [7, 11) is 0. The van der Waals surface area contributed by atoms with Gasteiger partial charge < -0.3 is 8.83 Å². The Kier molecular flexibility index (Phi) is 6.52. The van der Waals surface area contributed by atoms with Crippen LogP contribution in [0, 0.1) is 0 Å². The maximum atomic E-state index is 6.78. The van der Waals surface area contributed by atoms with E-state index in [-0.39, 0.29) is 5.92 Å². The monoisotopic (exact) mass is 689 g/mol. The second kappa shape index (κ2) is 11.5. The fourth-order valence-electron chi connectivity index (χ4n) is 8.29. The highest BCUT2D eigenvalue weighted by molar-refractivity contribution is 7.19. The smallest absolute Gasteiger partial charge is 0.164 e. The van der Waals surface area contributed by atoms with Crippen LogP contribution in [0.4, 0.5) is 0 Å². The number of allylic oxidation sites excluding steroid dienone is 2. The van der Waals surface area contributed by atoms with E-state index in [9.17, 15) is 0 Å². The van der Waals surface area contributed by atoms with Crippen molar-refractivity contribution in [1.29, 1.82) is 0 Å². The molecule has 2 aliphatic rings. The average Bonchev–Trinajstić information content (AvgIpc) is 3.89. The molecule has 0 spiro atoms. The Balaban J connectivity index is 1.13. The topological polar surface area (TPSA) is 65.0 Å². The maximum Gasteiger partial charge on any atom is 0.164 e. The summed E-state index contributed by atoms with van der Waals surface area (Å²) < 4.78 is 14.5. The van der Waals surface area contributed by atoms with Crippen molar-refractivity contribution in [2.45, 2.75) is 31.6 Å². The molecular formula is C46H31N3O2S. The van der Waals surface area contributed by atoms with Gasteiger partial charge in [-0.1, -0.05) is 110 Å². The minimum atomic E-state index is 0.174. The number of furan rings is 2. The lowest BCUT2D eigenvalue weighted by atomic mass is 9.87. The third-order valence-electron chi connectivity index (χ3n) is 10.7. The highest BCUT2D eigenvalue weighted by Gasteiger charge is 2.28. The zero-order chi connectivity index (χ0) is 34.3. The van der Waals surface area contributed by atoms with Crippen molar-refractivity contribution in [2.24, 2.45) is 0 Å². The summed E-state index contributed by atoms with van der Waals surface area (Å²) in [5.41, 5.74) is 9.11. The van der Waals surface area contributed by atoms with Crippen LogP contribution in [0.25, 0.3) is 89.3 Å². The van der Waals surface area contributed by atoms with Gasteiger partial charge in [0.05, 0.1) is 0 Å². The molecule has 248 valence electrons. The third kappa shape index (κ3) is 4.50. The molecule has 0 aliphatic heterocycles. The van der Waals surface area contributed by atoms with E-state index in [0.29, 0.717) is 23.4 Å². The van der Waals surface area contributed by atoms with E-state index in [1.54, 1.807) is 0 Å². The van der Waals surface area contributed by atoms with Gasteiger partial charge in [0.25, 0.3) is 0 Å². The largest absolute Gasteiger partial charge is 0.456 e. The van der Waals surface area contributed by atoms with Crippen molar-refractivity contribution in [3.8, 4) is 34.2 Å². The molecule has 0 saturated heterocycles. The van der Waals surface area contributed by atoms with Crippen molar-refractivity contribution in [3.63, 3.8) is 0 Å². The molecule has 4 heterocycles. The molecule has 0 bridgehead atoms. The van der Waals surface area contributed by atoms with Crippen molar-refractivity contribution >= 4 is 66.5 Å². The maximum absolute atomic E-state index is 6.78. The van der Waals surface area contributed by atoms with Crippen molar-refractivity contribution in [2.75, 3.05) is 0 Å². The van der Waals surface area contributed by atoms with Crippen LogP contribution >= 0.6 is 11.3 Å². The van der Waals surface area contributed by atoms with Crippen LogP contribution in [0.2, 0.25) is 0 Å². The number of fused-ring (bicyclic) bond motifs is 9. The second-order valence-electron chi connectivity index (χ2n) is 13.9. The number of thiophene rings is 1. The minimum Gasteiger partial charge on any atom is -0.456 e. The summed E-state index contributed by atoms with van der Waals surface area (Å²) in [5.74, 6) is 3.27. The van der Waals surface area contributed by atoms with E-state index in [1.165, 1.54) is 31.7 Å². The lowest BCUT2D eigenvalue weighted by Crippen LogP contribution is -2.05. The third-order valence-corrected chi connectivity index (χ3v) is 12.0. The molecule has 5 nitrogen and oxygen atoms in total. The van der Waals surface area contributed by atoms with Gasteiger partial charge in [-0.25, -0.2) is 15.0 Å². The predicted molar refractivity (Wildman–Crippen MR) is 213 cm³/mol. The SMILES string of the molecule is CC1CC=Cc2oc3cccc(-c4nc(-c5ccccc5)nc(-c5ccc(C6C=Cc7c(sc8ccccc78)C6)c6oc7ccccc7c56)n4)c3c21. The molecule has 11 rings (SSSR count). The fourth-order valence-corrected chi connectivity index (χ4v) is 9.54. The summed E-state index contributed by atoms with van der Waals surface area (Å²) in [5, 5.41) is 4.48. The van der Waals surface area contributed by atoms with Gasteiger partial charge in [0.1, 0.15) is 22.5 Å². The van der Waals surface area contributed by atoms with E-state index in [2.05, 4.69) is 104 Å². The summed E-state index contributed by atoms with van der Waals surface area (Å²) in [6.07, 6.45) is 10.8. The molecule has 0 amide bonds. The van der Waals surface area contributed by atoms with Crippen LogP contribution in [0.15, 0.2) is 130 Å². The average molecular weight is 690 g/mol. The molecule has 5 aromatic carbocycles. The van der Waals surface area contributed by atoms with E-state index in [4.69, 9.17) is 23.8 Å². The molecule has 0 fully saturated rings. The standard InChI is InChI=1S/C46H31N3O2S/c1-26-11-9-18-36-40(26)42-33(16-10-19-37(42)50-36)45-47-44(27-12-3-2-4-13-27)48-46(49-45)34-24-23-29(43-41(34)32-15-5-7-17-35(32)51-43)28-21-22-31-30-14-6-8-20-38(30)52-39(31)25-28/h2-10,12-24,26,28H,11,25H2,1H3. The quantitative estimate of drug-likeness (QED) is 0.184. The minimum absolute atomic E-state index is 0.174. The van der Waals surface area contributed by atoms with Gasteiger partial charge in [-0.3, -0.25) is 0 Å². The predicted octanol–water partition coefficient (Wildman–Crippen LogP) is 12.6. The zero-order valence-electron chi connectivity index (χ0n) is 28.3. The molecule has 0 saturated carbocycles. The van der Waals surface area contributed by atoms with Gasteiger partial charge in [0, 0.05) is 59.5 Å². The first-order valence-electron chi connectivity index (χ1n) is 17.8. The molecule has 4 aromatic heterocycles. The zero-order valence-corrected chi connectivity index (χ0v) is 29.2. The first-order valence-corrected chi connectivity index (χ1v) is 18.7. The number of hydrogen-bond acceptors (Lipinski definition) is 6. The Hall–Kier alpha value is -6.11. The molecule has 2 aliphatic carbocycles.